The summed E-state index contributed by atoms with van der Waals surface area (Å²) in [6, 6.07) is 6.96. The van der Waals surface area contributed by atoms with Crippen LogP contribution in [0.4, 0.5) is 0 Å². The van der Waals surface area contributed by atoms with Crippen molar-refractivity contribution < 1.29 is 19.1 Å². The van der Waals surface area contributed by atoms with Crippen LogP contribution in [-0.2, 0) is 18.3 Å². The van der Waals surface area contributed by atoms with Gasteiger partial charge >= 0.3 is 0 Å². The largest absolute Gasteiger partial charge is 0.486 e. The van der Waals surface area contributed by atoms with Crippen molar-refractivity contribution in [1.29, 1.82) is 0 Å². The number of amides is 2. The van der Waals surface area contributed by atoms with E-state index < -0.39 is 0 Å². The number of nitrogens with one attached hydrogen (secondary N) is 2. The molecular formula is C16H16BrN3O4. The molecule has 2 heterocycles. The maximum atomic E-state index is 12.1. The van der Waals surface area contributed by atoms with Gasteiger partial charge in [0.25, 0.3) is 5.91 Å². The molecule has 2 aromatic rings. The molecule has 0 radical (unpaired) electrons. The summed E-state index contributed by atoms with van der Waals surface area (Å²) in [5.41, 5.74) is 6.00. The molecule has 8 heteroatoms. The minimum Gasteiger partial charge on any atom is -0.486 e. The first kappa shape index (κ1) is 16.4. The molecule has 2 N–H and O–H groups in total. The molecule has 0 atom stereocenters. The predicted molar refractivity (Wildman–Crippen MR) is 89.9 cm³/mol. The van der Waals surface area contributed by atoms with E-state index in [1.54, 1.807) is 42.1 Å². The van der Waals surface area contributed by atoms with E-state index in [0.717, 1.165) is 10.0 Å². The monoisotopic (exact) mass is 393 g/mol. The summed E-state index contributed by atoms with van der Waals surface area (Å²) in [6.07, 6.45) is 1.84. The summed E-state index contributed by atoms with van der Waals surface area (Å²) in [4.78, 5) is 24.0. The molecule has 0 saturated carbocycles. The third kappa shape index (κ3) is 3.53. The number of aromatic nitrogens is 1. The summed E-state index contributed by atoms with van der Waals surface area (Å²) in [5.74, 6) is 0.543. The molecule has 0 unspecified atom stereocenters. The van der Waals surface area contributed by atoms with Gasteiger partial charge in [0.1, 0.15) is 18.9 Å². The zero-order valence-electron chi connectivity index (χ0n) is 13.0. The zero-order chi connectivity index (χ0) is 17.1. The molecule has 1 aromatic heterocycles. The fourth-order valence-corrected chi connectivity index (χ4v) is 2.81. The maximum absolute atomic E-state index is 12.1. The fourth-order valence-electron chi connectivity index (χ4n) is 2.35. The Morgan fingerprint density at radius 2 is 1.92 bits per heavy atom. The number of carbonyl (C=O) groups is 2. The second-order valence-corrected chi connectivity index (χ2v) is 6.13. The highest BCUT2D eigenvalue weighted by molar-refractivity contribution is 9.10. The van der Waals surface area contributed by atoms with Gasteiger partial charge in [-0.25, -0.2) is 0 Å². The van der Waals surface area contributed by atoms with Gasteiger partial charge in [-0.1, -0.05) is 15.9 Å². The Morgan fingerprint density at radius 1 is 1.21 bits per heavy atom. The third-order valence-electron chi connectivity index (χ3n) is 3.55. The van der Waals surface area contributed by atoms with Crippen molar-refractivity contribution >= 4 is 27.7 Å². The van der Waals surface area contributed by atoms with Gasteiger partial charge in [-0.2, -0.15) is 0 Å². The number of halogens is 1. The van der Waals surface area contributed by atoms with E-state index in [-0.39, 0.29) is 18.2 Å². The number of hydrogen-bond acceptors (Lipinski definition) is 4. The van der Waals surface area contributed by atoms with Crippen LogP contribution in [0.5, 0.6) is 11.5 Å². The Labute approximate surface area is 147 Å². The topological polar surface area (TPSA) is 81.6 Å². The maximum Gasteiger partial charge on any atom is 0.286 e. The average molecular weight is 394 g/mol. The van der Waals surface area contributed by atoms with Gasteiger partial charge in [0, 0.05) is 17.7 Å². The average Bonchev–Trinajstić information content (AvgIpc) is 2.99. The van der Waals surface area contributed by atoms with Crippen molar-refractivity contribution in [1.82, 2.24) is 15.4 Å². The Hall–Kier alpha value is -2.48. The van der Waals surface area contributed by atoms with Gasteiger partial charge in [-0.15, -0.1) is 0 Å². The molecule has 0 spiro atoms. The van der Waals surface area contributed by atoms with Crippen LogP contribution in [0, 0.1) is 0 Å². The quantitative estimate of drug-likeness (QED) is 0.775. The van der Waals surface area contributed by atoms with E-state index in [4.69, 9.17) is 9.47 Å². The second kappa shape index (κ2) is 6.96. The van der Waals surface area contributed by atoms with Gasteiger partial charge in [0.2, 0.25) is 5.91 Å². The summed E-state index contributed by atoms with van der Waals surface area (Å²) in [7, 11) is 1.75. The molecule has 2 amide bonds. The minimum absolute atomic E-state index is 0.0879. The van der Waals surface area contributed by atoms with Crippen molar-refractivity contribution in [2.24, 2.45) is 7.05 Å². The van der Waals surface area contributed by atoms with Crippen LogP contribution in [-0.4, -0.2) is 29.6 Å². The lowest BCUT2D eigenvalue weighted by atomic mass is 10.1. The van der Waals surface area contributed by atoms with E-state index >= 15 is 0 Å². The molecule has 0 saturated heterocycles. The van der Waals surface area contributed by atoms with Gasteiger partial charge in [0.15, 0.2) is 11.5 Å². The molecule has 7 nitrogen and oxygen atoms in total. The van der Waals surface area contributed by atoms with Crippen molar-refractivity contribution in [3.8, 4) is 11.5 Å². The SMILES string of the molecule is Cn1cccc1C(=O)NNC(=O)Cc1cc2c(cc1Br)OCCO2. The van der Waals surface area contributed by atoms with Crippen molar-refractivity contribution in [2.75, 3.05) is 13.2 Å². The number of hydrogen-bond donors (Lipinski definition) is 2. The van der Waals surface area contributed by atoms with Crippen LogP contribution >= 0.6 is 15.9 Å². The highest BCUT2D eigenvalue weighted by Crippen LogP contribution is 2.35. The van der Waals surface area contributed by atoms with E-state index in [9.17, 15) is 9.59 Å². The molecular weight excluding hydrogens is 378 g/mol. The van der Waals surface area contributed by atoms with Crippen LogP contribution in [0.15, 0.2) is 34.9 Å². The van der Waals surface area contributed by atoms with E-state index in [1.807, 2.05) is 0 Å². The standard InChI is InChI=1S/C16H16BrN3O4/c1-20-4-2-3-12(20)16(22)19-18-15(21)8-10-7-13-14(9-11(10)17)24-6-5-23-13/h2-4,7,9H,5-6,8H2,1H3,(H,18,21)(H,19,22). The van der Waals surface area contributed by atoms with Crippen LogP contribution in [0.1, 0.15) is 16.1 Å². The van der Waals surface area contributed by atoms with Gasteiger partial charge in [-0.3, -0.25) is 20.4 Å². The van der Waals surface area contributed by atoms with Crippen molar-refractivity contribution in [3.63, 3.8) is 0 Å². The number of benzene rings is 1. The summed E-state index contributed by atoms with van der Waals surface area (Å²) >= 11 is 3.42. The highest BCUT2D eigenvalue weighted by atomic mass is 79.9. The van der Waals surface area contributed by atoms with E-state index in [0.29, 0.717) is 30.4 Å². The van der Waals surface area contributed by atoms with Crippen LogP contribution < -0.4 is 20.3 Å². The molecule has 24 heavy (non-hydrogen) atoms. The predicted octanol–water partition coefficient (Wildman–Crippen LogP) is 1.56. The van der Waals surface area contributed by atoms with Gasteiger partial charge in [0.05, 0.1) is 6.42 Å². The number of ether oxygens (including phenoxy) is 2. The molecule has 1 aromatic carbocycles. The Balaban J connectivity index is 1.61. The number of fused-ring (bicyclic) bond motifs is 1. The number of aryl methyl sites for hydroxylation is 1. The Bertz CT molecular complexity index is 788. The lowest BCUT2D eigenvalue weighted by Crippen LogP contribution is -2.43. The lowest BCUT2D eigenvalue weighted by molar-refractivity contribution is -0.121. The van der Waals surface area contributed by atoms with E-state index in [1.165, 1.54) is 0 Å². The first-order valence-electron chi connectivity index (χ1n) is 7.33. The number of nitrogens with zero attached hydrogens (tertiary/aromatic N) is 1. The van der Waals surface area contributed by atoms with Crippen molar-refractivity contribution in [2.45, 2.75) is 6.42 Å². The molecule has 126 valence electrons. The normalized spacial score (nSPS) is 12.6. The highest BCUT2D eigenvalue weighted by Gasteiger charge is 2.17. The number of hydrazine groups is 1. The first-order valence-corrected chi connectivity index (χ1v) is 8.12. The zero-order valence-corrected chi connectivity index (χ0v) is 14.6. The molecule has 3 rings (SSSR count). The molecule has 0 aliphatic carbocycles. The molecule has 0 bridgehead atoms. The van der Waals surface area contributed by atoms with Gasteiger partial charge in [-0.05, 0) is 29.8 Å². The number of carbonyl (C=O) groups excluding carboxylic acids is 2. The van der Waals surface area contributed by atoms with E-state index in [2.05, 4.69) is 26.8 Å². The summed E-state index contributed by atoms with van der Waals surface area (Å²) in [6.45, 7) is 0.984. The van der Waals surface area contributed by atoms with Crippen LogP contribution in [0.3, 0.4) is 0 Å². The minimum atomic E-state index is -0.378. The van der Waals surface area contributed by atoms with Gasteiger partial charge < -0.3 is 14.0 Å². The third-order valence-corrected chi connectivity index (χ3v) is 4.29. The lowest BCUT2D eigenvalue weighted by Gasteiger charge is -2.19. The Kier molecular flexibility index (Phi) is 4.75. The fraction of sp³-hybridized carbons (Fsp3) is 0.250. The van der Waals surface area contributed by atoms with Crippen molar-refractivity contribution in [3.05, 3.63) is 46.2 Å². The molecule has 0 fully saturated rings. The molecule has 1 aliphatic heterocycles. The summed E-state index contributed by atoms with van der Waals surface area (Å²) < 4.78 is 13.4. The summed E-state index contributed by atoms with van der Waals surface area (Å²) in [5, 5.41) is 0. The molecule has 1 aliphatic rings. The Morgan fingerprint density at radius 3 is 2.58 bits per heavy atom. The smallest absolute Gasteiger partial charge is 0.286 e. The van der Waals surface area contributed by atoms with Crippen LogP contribution in [0.2, 0.25) is 0 Å². The number of rotatable bonds is 3. The first-order chi connectivity index (χ1) is 11.5. The second-order valence-electron chi connectivity index (χ2n) is 5.27. The van der Waals surface area contributed by atoms with Crippen LogP contribution in [0.25, 0.3) is 0 Å².